The minimum Gasteiger partial charge on any atom is -0.371 e. The monoisotopic (exact) mass is 628 g/mol. The van der Waals surface area contributed by atoms with Gasteiger partial charge in [-0.2, -0.15) is 0 Å². The summed E-state index contributed by atoms with van der Waals surface area (Å²) in [5.74, 6) is 2.22. The number of nitrogens with zero attached hydrogens (tertiary/aromatic N) is 3. The molecule has 0 saturated carbocycles. The normalized spacial score (nSPS) is 12.7. The van der Waals surface area contributed by atoms with Crippen LogP contribution >= 0.6 is 21.6 Å². The Morgan fingerprint density at radius 1 is 0.773 bits per heavy atom. The predicted molar refractivity (Wildman–Crippen MR) is 199 cm³/mol. The minimum atomic E-state index is 1.01. The molecule has 2 N–H and O–H groups in total. The van der Waals surface area contributed by atoms with E-state index in [-0.39, 0.29) is 0 Å². The molecule has 0 bridgehead atoms. The van der Waals surface area contributed by atoms with Gasteiger partial charge in [0.25, 0.3) is 0 Å². The number of aromatic nitrogens is 1. The molecule has 0 aliphatic heterocycles. The van der Waals surface area contributed by atoms with Crippen LogP contribution in [-0.4, -0.2) is 44.7 Å². The second-order valence-corrected chi connectivity index (χ2v) is 13.5. The molecule has 0 spiro atoms. The largest absolute Gasteiger partial charge is 0.371 e. The lowest BCUT2D eigenvalue weighted by Crippen LogP contribution is -2.72. The minimum absolute atomic E-state index is 1.01. The zero-order valence-corrected chi connectivity index (χ0v) is 29.4. The van der Waals surface area contributed by atoms with Crippen molar-refractivity contribution in [2.24, 2.45) is 7.05 Å². The molecule has 6 heteroatoms. The number of hydrogen-bond acceptors (Lipinski definition) is 4. The first kappa shape index (κ1) is 35.3. The highest BCUT2D eigenvalue weighted by Crippen LogP contribution is 2.25. The van der Waals surface area contributed by atoms with E-state index in [1.54, 1.807) is 0 Å². The molecule has 1 heterocycles. The van der Waals surface area contributed by atoms with Gasteiger partial charge in [-0.15, -0.1) is 0 Å². The predicted octanol–water partition coefficient (Wildman–Crippen LogP) is 7.86. The van der Waals surface area contributed by atoms with E-state index in [0.717, 1.165) is 37.7 Å². The highest BCUT2D eigenvalue weighted by Gasteiger charge is 2.07. The molecule has 0 aliphatic rings. The van der Waals surface area contributed by atoms with Crippen molar-refractivity contribution in [3.05, 3.63) is 119 Å². The van der Waals surface area contributed by atoms with Gasteiger partial charge in [0.2, 0.25) is 0 Å². The van der Waals surface area contributed by atoms with Crippen LogP contribution in [0.3, 0.4) is 0 Å². The Bertz CT molecular complexity index is 1390. The Morgan fingerprint density at radius 2 is 1.27 bits per heavy atom. The van der Waals surface area contributed by atoms with Gasteiger partial charge in [0, 0.05) is 61.2 Å². The zero-order chi connectivity index (χ0) is 31.7. The van der Waals surface area contributed by atoms with Crippen LogP contribution < -0.4 is 19.7 Å². The van der Waals surface area contributed by atoms with Crippen LogP contribution in [0, 0.1) is 0 Å². The fourth-order valence-electron chi connectivity index (χ4n) is 5.00. The molecule has 0 atom stereocenters. The third-order valence-corrected chi connectivity index (χ3v) is 10.1. The Morgan fingerprint density at radius 3 is 1.73 bits per heavy atom. The maximum atomic E-state index is 2.47. The fourth-order valence-corrected chi connectivity index (χ4v) is 6.98. The first-order chi connectivity index (χ1) is 21.4. The van der Waals surface area contributed by atoms with E-state index >= 15 is 0 Å². The Kier molecular flexibility index (Phi) is 15.4. The first-order valence-electron chi connectivity index (χ1n) is 15.8. The van der Waals surface area contributed by atoms with Gasteiger partial charge in [0.1, 0.15) is 7.05 Å². The number of nitrogens with two attached hydrogens (primary N) is 1. The van der Waals surface area contributed by atoms with Gasteiger partial charge in [0.05, 0.1) is 13.2 Å². The summed E-state index contributed by atoms with van der Waals surface area (Å²) in [7, 11) is 8.07. The van der Waals surface area contributed by atoms with Gasteiger partial charge >= 0.3 is 0 Å². The fraction of sp³-hybridized carbons (Fsp3) is 0.342. The molecule has 0 aliphatic carbocycles. The van der Waals surface area contributed by atoms with E-state index in [2.05, 4.69) is 158 Å². The van der Waals surface area contributed by atoms with Crippen molar-refractivity contribution in [2.75, 3.05) is 54.5 Å². The number of pyridine rings is 1. The third kappa shape index (κ3) is 11.4. The molecule has 0 radical (unpaired) electrons. The topological polar surface area (TPSA) is 27.0 Å². The molecule has 3 aromatic rings. The highest BCUT2D eigenvalue weighted by molar-refractivity contribution is 8.76. The molecule has 3 rings (SSSR count). The summed E-state index contributed by atoms with van der Waals surface area (Å²) in [6.45, 7) is 15.1. The lowest BCUT2D eigenvalue weighted by Gasteiger charge is -2.24. The number of quaternary nitrogens is 1. The smallest absolute Gasteiger partial charge is 0.169 e. The maximum absolute atomic E-state index is 2.47. The van der Waals surface area contributed by atoms with Gasteiger partial charge in [-0.3, -0.25) is 0 Å². The molecule has 0 saturated heterocycles. The van der Waals surface area contributed by atoms with Crippen LogP contribution in [0.15, 0.2) is 103 Å². The molecule has 4 nitrogen and oxygen atoms in total. The number of aryl methyl sites for hydroxylation is 1. The molecule has 0 amide bonds. The molecule has 234 valence electrons. The van der Waals surface area contributed by atoms with Gasteiger partial charge in [-0.1, -0.05) is 64.1 Å². The van der Waals surface area contributed by atoms with Gasteiger partial charge in [-0.05, 0) is 98.4 Å². The van der Waals surface area contributed by atoms with Crippen molar-refractivity contribution in [3.8, 4) is 0 Å². The molecular weight excluding hydrogens is 577 g/mol. The quantitative estimate of drug-likeness (QED) is 0.0713. The van der Waals surface area contributed by atoms with E-state index in [0.29, 0.717) is 0 Å². The van der Waals surface area contributed by atoms with Crippen molar-refractivity contribution in [1.29, 1.82) is 0 Å². The lowest BCUT2D eigenvalue weighted by atomic mass is 10.0. The lowest BCUT2D eigenvalue weighted by molar-refractivity contribution is -0.671. The Hall–Kier alpha value is -3.19. The van der Waals surface area contributed by atoms with Crippen LogP contribution in [0.25, 0.3) is 17.7 Å². The molecule has 2 aromatic carbocycles. The number of rotatable bonds is 17. The standard InChI is InChI=1S/C38H51N4S2/c1-8-35(19-22-39-6)31(4)29-33-11-15-37(16-12-33)41(9-2)25-27-43-44-28-26-42(10-3)38-17-13-34(14-18-38)30-32(5)36-20-23-40(7)24-21-36/h8,11-24,29-30,39H,9-10,25-28H2,1-7H3/q+1/p+1/b22-19-,31-29+,35-8+. The van der Waals surface area contributed by atoms with Crippen LogP contribution in [0.1, 0.15) is 51.3 Å². The molecule has 1 aromatic heterocycles. The van der Waals surface area contributed by atoms with Crippen molar-refractivity contribution in [2.45, 2.75) is 34.6 Å². The first-order valence-corrected chi connectivity index (χ1v) is 18.3. The summed E-state index contributed by atoms with van der Waals surface area (Å²) in [6, 6.07) is 22.3. The Balaban J connectivity index is 1.43. The van der Waals surface area contributed by atoms with E-state index in [1.807, 2.05) is 35.7 Å². The van der Waals surface area contributed by atoms with Gasteiger partial charge < -0.3 is 15.1 Å². The van der Waals surface area contributed by atoms with Crippen molar-refractivity contribution < 1.29 is 9.88 Å². The molecular formula is C38H52N4S2+2. The van der Waals surface area contributed by atoms with Gasteiger partial charge in [-0.25, -0.2) is 4.57 Å². The zero-order valence-electron chi connectivity index (χ0n) is 27.8. The highest BCUT2D eigenvalue weighted by atomic mass is 33.1. The summed E-state index contributed by atoms with van der Waals surface area (Å²) in [5, 5.41) is 2.06. The molecule has 0 unspecified atom stereocenters. The van der Waals surface area contributed by atoms with Crippen LogP contribution in [0.5, 0.6) is 0 Å². The van der Waals surface area contributed by atoms with Crippen molar-refractivity contribution in [1.82, 2.24) is 0 Å². The van der Waals surface area contributed by atoms with Crippen LogP contribution in [0.4, 0.5) is 11.4 Å². The summed E-state index contributed by atoms with van der Waals surface area (Å²) in [5.41, 5.74) is 10.1. The average molecular weight is 629 g/mol. The third-order valence-electron chi connectivity index (χ3n) is 7.69. The average Bonchev–Trinajstić information content (AvgIpc) is 3.04. The summed E-state index contributed by atoms with van der Waals surface area (Å²) in [4.78, 5) is 4.94. The van der Waals surface area contributed by atoms with Crippen molar-refractivity contribution >= 4 is 50.7 Å². The Labute approximate surface area is 275 Å². The summed E-state index contributed by atoms with van der Waals surface area (Å²) in [6.07, 6.45) is 15.1. The maximum Gasteiger partial charge on any atom is 0.169 e. The SMILES string of the molecule is C/C=C(\C=C/[NH2+]C)C(/C)=C/c1ccc(N(CC)CCSSCCN(CC)c2ccc(/C=C(\C)c3cc[n+](C)cc3)cc2)cc1. The molecule has 0 fully saturated rings. The number of hydrogen-bond donors (Lipinski definition) is 1. The van der Waals surface area contributed by atoms with Crippen molar-refractivity contribution in [3.63, 3.8) is 0 Å². The van der Waals surface area contributed by atoms with Crippen LogP contribution in [-0.2, 0) is 7.05 Å². The number of allylic oxidation sites excluding steroid dienone is 5. The van der Waals surface area contributed by atoms with Crippen LogP contribution in [0.2, 0.25) is 0 Å². The number of benzene rings is 2. The second-order valence-electron chi connectivity index (χ2n) is 10.8. The second kappa shape index (κ2) is 19.3. The molecule has 44 heavy (non-hydrogen) atoms. The summed E-state index contributed by atoms with van der Waals surface area (Å²) < 4.78 is 2.06. The van der Waals surface area contributed by atoms with E-state index in [1.165, 1.54) is 44.8 Å². The van der Waals surface area contributed by atoms with E-state index < -0.39 is 0 Å². The summed E-state index contributed by atoms with van der Waals surface area (Å²) >= 11 is 0. The van der Waals surface area contributed by atoms with E-state index in [4.69, 9.17) is 0 Å². The van der Waals surface area contributed by atoms with Gasteiger partial charge in [0.15, 0.2) is 12.4 Å². The number of anilines is 2. The van der Waals surface area contributed by atoms with E-state index in [9.17, 15) is 0 Å².